The van der Waals surface area contributed by atoms with Crippen molar-refractivity contribution in [2.24, 2.45) is 0 Å². The summed E-state index contributed by atoms with van der Waals surface area (Å²) in [5.41, 5.74) is 11.2. The molecule has 432 valence electrons. The highest BCUT2D eigenvalue weighted by Crippen LogP contribution is 2.56. The Kier molecular flexibility index (Phi) is 17.9. The van der Waals surface area contributed by atoms with E-state index < -0.39 is 33.6 Å². The van der Waals surface area contributed by atoms with Crippen LogP contribution in [0.5, 0.6) is 40.2 Å². The van der Waals surface area contributed by atoms with Gasteiger partial charge in [0.2, 0.25) is 0 Å². The van der Waals surface area contributed by atoms with Crippen LogP contribution < -0.4 is 31.9 Å². The fourth-order valence-electron chi connectivity index (χ4n) is 9.75. The third-order valence-corrected chi connectivity index (χ3v) is 16.3. The SMILES string of the molecule is CC(C)(C)Oc1cc(-c2cc(C(C)(C)C)cc(C(C)(C)C)c2OP(Oc2ccc(-c3ccccc3)cc2)Oc2ccc(-c3ccccc3)cc2)c(OP(Oc2ccc(-c3ccccc3)cc2)Oc2ccc(-c3ccccc3)cc2)c(C(C)(C)C)c1. The molecule has 0 heterocycles. The van der Waals surface area contributed by atoms with Gasteiger partial charge in [-0.2, -0.15) is 0 Å². The summed E-state index contributed by atoms with van der Waals surface area (Å²) in [7, 11) is -4.48. The number of hydrogen-bond acceptors (Lipinski definition) is 7. The molecule has 0 saturated heterocycles. The maximum absolute atomic E-state index is 7.54. The summed E-state index contributed by atoms with van der Waals surface area (Å²) in [5, 5.41) is 0. The van der Waals surface area contributed by atoms with Crippen LogP contribution in [-0.4, -0.2) is 5.60 Å². The van der Waals surface area contributed by atoms with Crippen molar-refractivity contribution in [3.05, 3.63) is 259 Å². The van der Waals surface area contributed by atoms with E-state index in [1.54, 1.807) is 0 Å². The Morgan fingerprint density at radius 3 is 0.788 bits per heavy atom. The minimum atomic E-state index is -2.24. The van der Waals surface area contributed by atoms with Crippen LogP contribution in [0.4, 0.5) is 0 Å². The van der Waals surface area contributed by atoms with Crippen LogP contribution in [0.1, 0.15) is 99.8 Å². The molecular formula is C76H76O7P2. The van der Waals surface area contributed by atoms with Gasteiger partial charge in [0.1, 0.15) is 45.8 Å². The molecule has 85 heavy (non-hydrogen) atoms. The van der Waals surface area contributed by atoms with Crippen LogP contribution in [0.25, 0.3) is 55.6 Å². The van der Waals surface area contributed by atoms with E-state index in [-0.39, 0.29) is 5.41 Å². The zero-order valence-corrected chi connectivity index (χ0v) is 52.6. The van der Waals surface area contributed by atoms with Crippen molar-refractivity contribution in [1.29, 1.82) is 0 Å². The lowest BCUT2D eigenvalue weighted by atomic mass is 9.77. The van der Waals surface area contributed by atoms with Gasteiger partial charge in [0.25, 0.3) is 0 Å². The van der Waals surface area contributed by atoms with E-state index in [9.17, 15) is 0 Å². The molecule has 9 heteroatoms. The molecule has 7 nitrogen and oxygen atoms in total. The minimum Gasteiger partial charge on any atom is -0.488 e. The Balaban J connectivity index is 1.15. The van der Waals surface area contributed by atoms with E-state index in [1.165, 1.54) is 0 Å². The molecule has 0 fully saturated rings. The molecule has 0 radical (unpaired) electrons. The van der Waals surface area contributed by atoms with Crippen LogP contribution in [0.2, 0.25) is 0 Å². The minimum absolute atomic E-state index is 0.309. The van der Waals surface area contributed by atoms with Gasteiger partial charge in [-0.05, 0) is 154 Å². The van der Waals surface area contributed by atoms with Gasteiger partial charge >= 0.3 is 17.2 Å². The van der Waals surface area contributed by atoms with E-state index in [1.807, 2.05) is 121 Å². The summed E-state index contributed by atoms with van der Waals surface area (Å²) in [4.78, 5) is 0. The molecule has 0 aliphatic rings. The summed E-state index contributed by atoms with van der Waals surface area (Å²) in [6.07, 6.45) is 0. The van der Waals surface area contributed by atoms with Gasteiger partial charge in [0, 0.05) is 22.3 Å². The molecule has 0 bridgehead atoms. The second kappa shape index (κ2) is 25.5. The Morgan fingerprint density at radius 2 is 0.518 bits per heavy atom. The Labute approximate surface area is 506 Å². The van der Waals surface area contributed by atoms with Gasteiger partial charge in [-0.3, -0.25) is 0 Å². The molecule has 0 N–H and O–H groups in total. The fourth-order valence-corrected chi connectivity index (χ4v) is 11.8. The highest BCUT2D eigenvalue weighted by Gasteiger charge is 2.36. The van der Waals surface area contributed by atoms with Crippen molar-refractivity contribution in [3.63, 3.8) is 0 Å². The molecule has 0 spiro atoms. The van der Waals surface area contributed by atoms with Crippen LogP contribution >= 0.6 is 17.2 Å². The van der Waals surface area contributed by atoms with Gasteiger partial charge in [-0.15, -0.1) is 0 Å². The van der Waals surface area contributed by atoms with Gasteiger partial charge in [0.15, 0.2) is 0 Å². The third-order valence-electron chi connectivity index (χ3n) is 14.2. The quantitative estimate of drug-likeness (QED) is 0.0793. The molecule has 0 aliphatic heterocycles. The molecule has 0 amide bonds. The Hall–Kier alpha value is -8.34. The van der Waals surface area contributed by atoms with Crippen molar-refractivity contribution >= 4 is 17.2 Å². The fraction of sp³-hybridized carbons (Fsp3) is 0.211. The molecule has 0 aromatic heterocycles. The van der Waals surface area contributed by atoms with Crippen LogP contribution in [0.3, 0.4) is 0 Å². The topological polar surface area (TPSA) is 64.6 Å². The maximum Gasteiger partial charge on any atom is 0.530 e. The van der Waals surface area contributed by atoms with Gasteiger partial charge in [0.05, 0.1) is 0 Å². The predicted molar refractivity (Wildman–Crippen MR) is 353 cm³/mol. The first-order chi connectivity index (χ1) is 40.6. The largest absolute Gasteiger partial charge is 0.530 e. The summed E-state index contributed by atoms with van der Waals surface area (Å²) in [6.45, 7) is 26.1. The molecule has 10 rings (SSSR count). The summed E-state index contributed by atoms with van der Waals surface area (Å²) >= 11 is 0. The first-order valence-corrected chi connectivity index (χ1v) is 31.2. The first-order valence-electron chi connectivity index (χ1n) is 29.0. The zero-order chi connectivity index (χ0) is 59.9. The summed E-state index contributed by atoms with van der Waals surface area (Å²) in [6, 6.07) is 82.1. The standard InChI is InChI=1S/C76H76O7P2/c1-73(2,3)61-49-67(71(69(50-61)74(4,5)6)82-84(78-62-41-33-57(34-42-62)53-25-17-13-18-26-53)79-63-43-35-58(36-44-63)54-27-19-14-20-28-54)68-51-66(77-76(10,11)12)52-70(75(7,8)9)72(68)83-85(80-64-45-37-59(38-46-64)55-29-21-15-22-30-55)81-65-47-39-60(40-48-65)56-31-23-16-24-32-56/h13-52H,1-12H3. The Bertz CT molecular complexity index is 3620. The van der Waals surface area contributed by atoms with Crippen molar-refractivity contribution in [2.45, 2.75) is 105 Å². The summed E-state index contributed by atoms with van der Waals surface area (Å²) < 4.78 is 49.9. The van der Waals surface area contributed by atoms with Crippen molar-refractivity contribution in [3.8, 4) is 95.9 Å². The number of hydrogen-bond donors (Lipinski definition) is 0. The predicted octanol–water partition coefficient (Wildman–Crippen LogP) is 22.6. The van der Waals surface area contributed by atoms with E-state index in [0.717, 1.165) is 66.8 Å². The zero-order valence-electron chi connectivity index (χ0n) is 50.8. The number of ether oxygens (including phenoxy) is 1. The lowest BCUT2D eigenvalue weighted by Gasteiger charge is -2.32. The van der Waals surface area contributed by atoms with Gasteiger partial charge in [-0.1, -0.05) is 238 Å². The molecule has 0 unspecified atom stereocenters. The first kappa shape index (κ1) is 59.8. The molecule has 0 saturated carbocycles. The van der Waals surface area contributed by atoms with Crippen LogP contribution in [0, 0.1) is 0 Å². The second-order valence-corrected chi connectivity index (χ2v) is 27.3. The van der Waals surface area contributed by atoms with Crippen LogP contribution in [-0.2, 0) is 16.2 Å². The average Bonchev–Trinajstić information content (AvgIpc) is 2.27. The van der Waals surface area contributed by atoms with Gasteiger partial charge in [-0.25, -0.2) is 0 Å². The molecule has 0 atom stereocenters. The number of rotatable bonds is 18. The Morgan fingerprint density at radius 1 is 0.247 bits per heavy atom. The van der Waals surface area contributed by atoms with Gasteiger partial charge < -0.3 is 31.9 Å². The molecular weight excluding hydrogens is 1090 g/mol. The lowest BCUT2D eigenvalue weighted by Crippen LogP contribution is -2.24. The second-order valence-electron chi connectivity index (χ2n) is 25.3. The van der Waals surface area contributed by atoms with E-state index in [2.05, 4.69) is 204 Å². The lowest BCUT2D eigenvalue weighted by molar-refractivity contribution is 0.130. The van der Waals surface area contributed by atoms with E-state index in [4.69, 9.17) is 31.9 Å². The normalized spacial score (nSPS) is 12.0. The molecule has 0 aliphatic carbocycles. The maximum atomic E-state index is 7.54. The highest BCUT2D eigenvalue weighted by molar-refractivity contribution is 7.43. The summed E-state index contributed by atoms with van der Waals surface area (Å²) in [5.74, 6) is 4.13. The molecule has 10 aromatic rings. The van der Waals surface area contributed by atoms with Crippen molar-refractivity contribution in [1.82, 2.24) is 0 Å². The average molecular weight is 1160 g/mol. The van der Waals surface area contributed by atoms with E-state index >= 15 is 0 Å². The van der Waals surface area contributed by atoms with Crippen LogP contribution in [0.15, 0.2) is 243 Å². The molecule has 10 aromatic carbocycles. The highest BCUT2D eigenvalue weighted by atomic mass is 31.2. The number of benzene rings is 10. The monoisotopic (exact) mass is 1160 g/mol. The third kappa shape index (κ3) is 15.5. The smallest absolute Gasteiger partial charge is 0.488 e. The van der Waals surface area contributed by atoms with Crippen molar-refractivity contribution < 1.29 is 31.9 Å². The van der Waals surface area contributed by atoms with E-state index in [0.29, 0.717) is 45.8 Å². The van der Waals surface area contributed by atoms with Crippen molar-refractivity contribution in [2.75, 3.05) is 0 Å².